The Kier molecular flexibility index (Phi) is 4.24. The van der Waals surface area contributed by atoms with Gasteiger partial charge in [-0.15, -0.1) is 0 Å². The molecule has 1 amide bonds. The van der Waals surface area contributed by atoms with Crippen LogP contribution in [0.15, 0.2) is 17.4 Å². The molecule has 2 N–H and O–H groups in total. The summed E-state index contributed by atoms with van der Waals surface area (Å²) in [5.74, 6) is -0.0542. The van der Waals surface area contributed by atoms with E-state index in [1.54, 1.807) is 19.2 Å². The van der Waals surface area contributed by atoms with E-state index in [0.717, 1.165) is 0 Å². The van der Waals surface area contributed by atoms with E-state index >= 15 is 0 Å². The molecule has 1 aromatic heterocycles. The summed E-state index contributed by atoms with van der Waals surface area (Å²) in [5.41, 5.74) is 2.93. The predicted molar refractivity (Wildman–Crippen MR) is 73.5 cm³/mol. The van der Waals surface area contributed by atoms with Crippen molar-refractivity contribution >= 4 is 23.6 Å². The van der Waals surface area contributed by atoms with E-state index in [1.165, 1.54) is 6.20 Å². The fraction of sp³-hybridized carbons (Fsp3) is 0.417. The molecule has 0 aliphatic carbocycles. The summed E-state index contributed by atoms with van der Waals surface area (Å²) in [5, 5.41) is 17.6. The fourth-order valence-corrected chi connectivity index (χ4v) is 1.99. The van der Waals surface area contributed by atoms with E-state index in [1.807, 2.05) is 0 Å². The van der Waals surface area contributed by atoms with Crippen LogP contribution in [0.25, 0.3) is 0 Å². The topological polar surface area (TPSA) is 110 Å². The highest BCUT2D eigenvalue weighted by molar-refractivity contribution is 5.97. The van der Waals surface area contributed by atoms with Gasteiger partial charge in [0.1, 0.15) is 0 Å². The average molecular weight is 277 g/mol. The Bertz CT molecular complexity index is 558. The van der Waals surface area contributed by atoms with Crippen molar-refractivity contribution in [2.75, 3.05) is 11.9 Å². The maximum Gasteiger partial charge on any atom is 0.314 e. The maximum absolute atomic E-state index is 11.3. The number of amides is 1. The number of nitro groups is 1. The summed E-state index contributed by atoms with van der Waals surface area (Å²) in [6, 6.07) is 1.60. The number of hydrogen-bond acceptors (Lipinski definition) is 6. The lowest BCUT2D eigenvalue weighted by Gasteiger charge is -2.08. The van der Waals surface area contributed by atoms with Crippen molar-refractivity contribution < 1.29 is 9.72 Å². The summed E-state index contributed by atoms with van der Waals surface area (Å²) in [6.07, 6.45) is 4.44. The number of aromatic nitrogens is 1. The minimum atomic E-state index is -0.443. The number of nitrogens with zero attached hydrogens (tertiary/aromatic N) is 3. The minimum absolute atomic E-state index is 0.00679. The highest BCUT2D eigenvalue weighted by Crippen LogP contribution is 2.25. The van der Waals surface area contributed by atoms with Crippen LogP contribution >= 0.6 is 0 Å². The van der Waals surface area contributed by atoms with Crippen LogP contribution < -0.4 is 10.7 Å². The van der Waals surface area contributed by atoms with Crippen LogP contribution in [0.3, 0.4) is 0 Å². The number of aryl methyl sites for hydroxylation is 1. The molecule has 0 bridgehead atoms. The molecule has 1 aliphatic heterocycles. The van der Waals surface area contributed by atoms with E-state index in [-0.39, 0.29) is 23.3 Å². The number of pyridine rings is 1. The lowest BCUT2D eigenvalue weighted by molar-refractivity contribution is -0.384. The van der Waals surface area contributed by atoms with Gasteiger partial charge >= 0.3 is 5.69 Å². The van der Waals surface area contributed by atoms with Crippen LogP contribution in [0.2, 0.25) is 0 Å². The Morgan fingerprint density at radius 1 is 1.55 bits per heavy atom. The average Bonchev–Trinajstić information content (AvgIpc) is 2.80. The van der Waals surface area contributed by atoms with Crippen molar-refractivity contribution in [3.63, 3.8) is 0 Å². The fourth-order valence-electron chi connectivity index (χ4n) is 1.99. The largest absolute Gasteiger partial charge is 0.364 e. The van der Waals surface area contributed by atoms with E-state index in [2.05, 4.69) is 20.8 Å². The molecule has 1 aromatic rings. The second-order valence-electron chi connectivity index (χ2n) is 4.51. The van der Waals surface area contributed by atoms with Crippen molar-refractivity contribution in [1.82, 2.24) is 10.4 Å². The molecule has 106 valence electrons. The van der Waals surface area contributed by atoms with Gasteiger partial charge in [-0.1, -0.05) is 0 Å². The standard InChI is InChI=1S/C12H15N5O3/c1-8-4-6-14-11(10(8)17(19)20)13-5-2-3-9-7-15-16-12(9)18/h4,6-7,9H,2-3,5H2,1H3,(H,13,14)(H,16,18)/t9-/m1/s1. The molecule has 0 saturated carbocycles. The minimum Gasteiger partial charge on any atom is -0.364 e. The number of hydrogen-bond donors (Lipinski definition) is 2. The van der Waals surface area contributed by atoms with Crippen LogP contribution in [0.4, 0.5) is 11.5 Å². The Morgan fingerprint density at radius 3 is 3.00 bits per heavy atom. The lowest BCUT2D eigenvalue weighted by Crippen LogP contribution is -2.20. The molecule has 1 aliphatic rings. The van der Waals surface area contributed by atoms with Gasteiger partial charge < -0.3 is 5.32 Å². The van der Waals surface area contributed by atoms with Crippen molar-refractivity contribution in [1.29, 1.82) is 0 Å². The second kappa shape index (κ2) is 6.09. The third kappa shape index (κ3) is 3.08. The summed E-state index contributed by atoms with van der Waals surface area (Å²) < 4.78 is 0. The molecule has 0 radical (unpaired) electrons. The smallest absolute Gasteiger partial charge is 0.314 e. The first-order valence-corrected chi connectivity index (χ1v) is 6.26. The molecule has 20 heavy (non-hydrogen) atoms. The first-order chi connectivity index (χ1) is 9.59. The van der Waals surface area contributed by atoms with Crippen LogP contribution in [0.1, 0.15) is 18.4 Å². The van der Waals surface area contributed by atoms with E-state index in [9.17, 15) is 14.9 Å². The van der Waals surface area contributed by atoms with Gasteiger partial charge in [-0.2, -0.15) is 5.10 Å². The zero-order valence-corrected chi connectivity index (χ0v) is 11.0. The zero-order valence-electron chi connectivity index (χ0n) is 11.0. The lowest BCUT2D eigenvalue weighted by atomic mass is 10.1. The molecule has 8 heteroatoms. The van der Waals surface area contributed by atoms with E-state index in [4.69, 9.17) is 0 Å². The Balaban J connectivity index is 1.88. The van der Waals surface area contributed by atoms with Crippen molar-refractivity contribution in [2.24, 2.45) is 11.0 Å². The van der Waals surface area contributed by atoms with Gasteiger partial charge in [-0.3, -0.25) is 14.9 Å². The molecular weight excluding hydrogens is 262 g/mol. The van der Waals surface area contributed by atoms with Crippen LogP contribution in [0, 0.1) is 23.0 Å². The first kappa shape index (κ1) is 13.9. The molecule has 0 aromatic carbocycles. The van der Waals surface area contributed by atoms with Gasteiger partial charge in [0.25, 0.3) is 0 Å². The normalized spacial score (nSPS) is 17.1. The molecule has 1 atom stereocenters. The van der Waals surface area contributed by atoms with Crippen molar-refractivity contribution in [3.05, 3.63) is 27.9 Å². The quantitative estimate of drug-likeness (QED) is 0.461. The third-order valence-corrected chi connectivity index (χ3v) is 3.06. The molecule has 0 saturated heterocycles. The summed E-state index contributed by atoms with van der Waals surface area (Å²) >= 11 is 0. The van der Waals surface area contributed by atoms with Gasteiger partial charge in [0.2, 0.25) is 11.7 Å². The molecule has 2 rings (SSSR count). The van der Waals surface area contributed by atoms with Crippen LogP contribution in [0.5, 0.6) is 0 Å². The number of rotatable bonds is 6. The number of anilines is 1. The van der Waals surface area contributed by atoms with Crippen molar-refractivity contribution in [3.8, 4) is 0 Å². The van der Waals surface area contributed by atoms with E-state index in [0.29, 0.717) is 24.9 Å². The summed E-state index contributed by atoms with van der Waals surface area (Å²) in [4.78, 5) is 25.8. The maximum atomic E-state index is 11.3. The van der Waals surface area contributed by atoms with Crippen LogP contribution in [-0.2, 0) is 4.79 Å². The number of carbonyl (C=O) groups is 1. The highest BCUT2D eigenvalue weighted by atomic mass is 16.6. The third-order valence-electron chi connectivity index (χ3n) is 3.06. The molecular formula is C12H15N5O3. The Labute approximate surface area is 115 Å². The number of carbonyl (C=O) groups excluding carboxylic acids is 1. The van der Waals surface area contributed by atoms with Crippen LogP contribution in [-0.4, -0.2) is 28.6 Å². The highest BCUT2D eigenvalue weighted by Gasteiger charge is 2.21. The SMILES string of the molecule is Cc1ccnc(NCCC[C@@H]2C=NNC2=O)c1[N+](=O)[O-]. The molecule has 0 spiro atoms. The Morgan fingerprint density at radius 2 is 2.35 bits per heavy atom. The monoisotopic (exact) mass is 277 g/mol. The summed E-state index contributed by atoms with van der Waals surface area (Å²) in [7, 11) is 0. The summed E-state index contributed by atoms with van der Waals surface area (Å²) in [6.45, 7) is 2.18. The second-order valence-corrected chi connectivity index (χ2v) is 4.51. The van der Waals surface area contributed by atoms with Gasteiger partial charge in [-0.05, 0) is 25.8 Å². The van der Waals surface area contributed by atoms with Gasteiger partial charge in [0.05, 0.1) is 10.8 Å². The predicted octanol–water partition coefficient (Wildman–Crippen LogP) is 1.22. The van der Waals surface area contributed by atoms with Gasteiger partial charge in [-0.25, -0.2) is 10.4 Å². The van der Waals surface area contributed by atoms with Gasteiger partial charge in [0.15, 0.2) is 0 Å². The molecule has 0 unspecified atom stereocenters. The molecule has 8 nitrogen and oxygen atoms in total. The number of hydrazone groups is 1. The van der Waals surface area contributed by atoms with Crippen molar-refractivity contribution in [2.45, 2.75) is 19.8 Å². The van der Waals surface area contributed by atoms with Gasteiger partial charge in [0, 0.05) is 24.5 Å². The zero-order chi connectivity index (χ0) is 14.5. The van der Waals surface area contributed by atoms with E-state index < -0.39 is 4.92 Å². The number of nitrogens with one attached hydrogen (secondary N) is 2. The molecule has 0 fully saturated rings. The Hall–Kier alpha value is -2.51. The first-order valence-electron chi connectivity index (χ1n) is 6.26. The molecule has 2 heterocycles.